The van der Waals surface area contributed by atoms with Crippen molar-refractivity contribution in [1.82, 2.24) is 10.2 Å². The van der Waals surface area contributed by atoms with E-state index in [1.807, 2.05) is 0 Å². The van der Waals surface area contributed by atoms with Gasteiger partial charge in [-0.15, -0.1) is 0 Å². The average molecular weight is 250 g/mol. The molecular weight excluding hydrogens is 220 g/mol. The Balaban J connectivity index is 1.57. The van der Waals surface area contributed by atoms with Crippen LogP contribution in [0.1, 0.15) is 58.3 Å². The monoisotopic (exact) mass is 250 g/mol. The van der Waals surface area contributed by atoms with Crippen molar-refractivity contribution in [2.45, 2.75) is 70.4 Å². The van der Waals surface area contributed by atoms with Crippen LogP contribution in [0.15, 0.2) is 0 Å². The van der Waals surface area contributed by atoms with E-state index in [1.54, 1.807) is 6.42 Å². The molecule has 1 aliphatic heterocycles. The van der Waals surface area contributed by atoms with Crippen molar-refractivity contribution in [1.29, 1.82) is 0 Å². The average Bonchev–Trinajstić information content (AvgIpc) is 3.10. The Morgan fingerprint density at radius 2 is 2.11 bits per heavy atom. The first-order valence-electron chi connectivity index (χ1n) is 8.34. The first-order valence-corrected chi connectivity index (χ1v) is 8.34. The minimum Gasteiger partial charge on any atom is -0.313 e. The molecule has 1 N–H and O–H groups in total. The molecule has 0 spiro atoms. The number of nitrogens with one attached hydrogen (secondary N) is 1. The number of fused-ring (bicyclic) bond motifs is 2. The lowest BCUT2D eigenvalue weighted by atomic mass is 9.93. The van der Waals surface area contributed by atoms with Gasteiger partial charge in [0, 0.05) is 18.6 Å². The highest BCUT2D eigenvalue weighted by molar-refractivity contribution is 4.96. The third-order valence-electron chi connectivity index (χ3n) is 5.59. The van der Waals surface area contributed by atoms with Crippen LogP contribution < -0.4 is 5.32 Å². The lowest BCUT2D eigenvalue weighted by Gasteiger charge is -2.36. The van der Waals surface area contributed by atoms with E-state index in [-0.39, 0.29) is 0 Å². The molecule has 1 heterocycles. The molecule has 1 saturated heterocycles. The van der Waals surface area contributed by atoms with Crippen LogP contribution in [-0.2, 0) is 0 Å². The van der Waals surface area contributed by atoms with Crippen LogP contribution in [0.4, 0.5) is 0 Å². The molecule has 0 aromatic carbocycles. The summed E-state index contributed by atoms with van der Waals surface area (Å²) in [5.41, 5.74) is 0. The van der Waals surface area contributed by atoms with Crippen molar-refractivity contribution in [3.05, 3.63) is 0 Å². The first-order chi connectivity index (χ1) is 8.86. The Morgan fingerprint density at radius 1 is 1.17 bits per heavy atom. The highest BCUT2D eigenvalue weighted by Crippen LogP contribution is 2.46. The second-order valence-corrected chi connectivity index (χ2v) is 6.88. The van der Waals surface area contributed by atoms with Gasteiger partial charge in [-0.25, -0.2) is 0 Å². The van der Waals surface area contributed by atoms with Crippen molar-refractivity contribution in [2.24, 2.45) is 11.8 Å². The maximum absolute atomic E-state index is 3.69. The zero-order chi connectivity index (χ0) is 12.4. The van der Waals surface area contributed by atoms with Gasteiger partial charge in [-0.1, -0.05) is 19.8 Å². The van der Waals surface area contributed by atoms with Gasteiger partial charge < -0.3 is 5.32 Å². The Morgan fingerprint density at radius 3 is 2.72 bits per heavy atom. The van der Waals surface area contributed by atoms with Gasteiger partial charge in [0.15, 0.2) is 0 Å². The molecule has 3 fully saturated rings. The quantitative estimate of drug-likeness (QED) is 0.779. The third kappa shape index (κ3) is 2.75. The summed E-state index contributed by atoms with van der Waals surface area (Å²) in [5, 5.41) is 3.69. The highest BCUT2D eigenvalue weighted by atomic mass is 15.2. The van der Waals surface area contributed by atoms with Gasteiger partial charge in [0.25, 0.3) is 0 Å². The van der Waals surface area contributed by atoms with Gasteiger partial charge in [-0.2, -0.15) is 0 Å². The van der Waals surface area contributed by atoms with E-state index < -0.39 is 0 Å². The molecule has 104 valence electrons. The second kappa shape index (κ2) is 5.92. The largest absolute Gasteiger partial charge is 0.313 e. The molecule has 2 bridgehead atoms. The van der Waals surface area contributed by atoms with Crippen LogP contribution in [0.2, 0.25) is 0 Å². The summed E-state index contributed by atoms with van der Waals surface area (Å²) in [7, 11) is 0. The number of hydrogen-bond acceptors (Lipinski definition) is 2. The Bertz CT molecular complexity index is 260. The van der Waals surface area contributed by atoms with E-state index in [4.69, 9.17) is 0 Å². The Kier molecular flexibility index (Phi) is 4.25. The zero-order valence-corrected chi connectivity index (χ0v) is 12.0. The second-order valence-electron chi connectivity index (χ2n) is 6.88. The zero-order valence-electron chi connectivity index (χ0n) is 12.0. The number of unbranched alkanes of at least 4 members (excludes halogenated alkanes) is 1. The SMILES string of the molecule is CCCCN(CC1CCCN1)C1CC2CCC1C2. The molecular formula is C16H30N2. The molecule has 4 unspecified atom stereocenters. The van der Waals surface area contributed by atoms with Gasteiger partial charge in [0.1, 0.15) is 0 Å². The maximum atomic E-state index is 3.69. The van der Waals surface area contributed by atoms with Gasteiger partial charge in [0.2, 0.25) is 0 Å². The highest BCUT2D eigenvalue weighted by Gasteiger charge is 2.42. The summed E-state index contributed by atoms with van der Waals surface area (Å²) in [6.07, 6.45) is 11.6. The fourth-order valence-corrected chi connectivity index (χ4v) is 4.61. The smallest absolute Gasteiger partial charge is 0.0195 e. The van der Waals surface area contributed by atoms with Gasteiger partial charge in [0.05, 0.1) is 0 Å². The summed E-state index contributed by atoms with van der Waals surface area (Å²) >= 11 is 0. The number of hydrogen-bond donors (Lipinski definition) is 1. The topological polar surface area (TPSA) is 15.3 Å². The van der Waals surface area contributed by atoms with Crippen molar-refractivity contribution in [3.8, 4) is 0 Å². The van der Waals surface area contributed by atoms with Crippen LogP contribution in [0, 0.1) is 11.8 Å². The third-order valence-corrected chi connectivity index (χ3v) is 5.59. The van der Waals surface area contributed by atoms with E-state index in [0.717, 1.165) is 23.9 Å². The van der Waals surface area contributed by atoms with Gasteiger partial charge >= 0.3 is 0 Å². The van der Waals surface area contributed by atoms with E-state index in [0.29, 0.717) is 0 Å². The predicted molar refractivity (Wildman–Crippen MR) is 76.7 cm³/mol. The lowest BCUT2D eigenvalue weighted by molar-refractivity contribution is 0.129. The van der Waals surface area contributed by atoms with Crippen LogP contribution in [0.3, 0.4) is 0 Å². The molecule has 3 rings (SSSR count). The molecule has 2 saturated carbocycles. The van der Waals surface area contributed by atoms with Gasteiger partial charge in [-0.05, 0) is 63.5 Å². The molecule has 3 aliphatic rings. The summed E-state index contributed by atoms with van der Waals surface area (Å²) in [6.45, 7) is 6.26. The van der Waals surface area contributed by atoms with Crippen molar-refractivity contribution < 1.29 is 0 Å². The number of rotatable bonds is 6. The van der Waals surface area contributed by atoms with E-state index in [1.165, 1.54) is 64.6 Å². The molecule has 0 aromatic rings. The predicted octanol–water partition coefficient (Wildman–Crippen LogP) is 3.03. The molecule has 2 aliphatic carbocycles. The summed E-state index contributed by atoms with van der Waals surface area (Å²) in [6, 6.07) is 1.73. The molecule has 0 radical (unpaired) electrons. The van der Waals surface area contributed by atoms with E-state index in [9.17, 15) is 0 Å². The molecule has 0 amide bonds. The molecule has 4 atom stereocenters. The number of nitrogens with zero attached hydrogens (tertiary/aromatic N) is 1. The lowest BCUT2D eigenvalue weighted by Crippen LogP contribution is -2.46. The van der Waals surface area contributed by atoms with Crippen molar-refractivity contribution >= 4 is 0 Å². The summed E-state index contributed by atoms with van der Waals surface area (Å²) < 4.78 is 0. The van der Waals surface area contributed by atoms with Gasteiger partial charge in [-0.3, -0.25) is 4.90 Å². The molecule has 2 heteroatoms. The molecule has 0 aromatic heterocycles. The molecule has 2 nitrogen and oxygen atoms in total. The summed E-state index contributed by atoms with van der Waals surface area (Å²) in [5.74, 6) is 2.13. The van der Waals surface area contributed by atoms with Crippen LogP contribution in [0.5, 0.6) is 0 Å². The Hall–Kier alpha value is -0.0800. The van der Waals surface area contributed by atoms with Crippen LogP contribution in [-0.4, -0.2) is 36.6 Å². The fraction of sp³-hybridized carbons (Fsp3) is 1.00. The van der Waals surface area contributed by atoms with E-state index in [2.05, 4.69) is 17.1 Å². The minimum absolute atomic E-state index is 0.793. The maximum Gasteiger partial charge on any atom is 0.0195 e. The van der Waals surface area contributed by atoms with Crippen LogP contribution >= 0.6 is 0 Å². The normalized spacial score (nSPS) is 39.0. The Labute approximate surface area is 113 Å². The summed E-state index contributed by atoms with van der Waals surface area (Å²) in [4.78, 5) is 2.87. The molecule has 18 heavy (non-hydrogen) atoms. The standard InChI is InChI=1S/C16H30N2/c1-2-3-9-18(12-15-5-4-8-17-15)16-11-13-6-7-14(16)10-13/h13-17H,2-12H2,1H3. The minimum atomic E-state index is 0.793. The van der Waals surface area contributed by atoms with E-state index >= 15 is 0 Å². The fourth-order valence-electron chi connectivity index (χ4n) is 4.61. The first kappa shape index (κ1) is 12.9. The van der Waals surface area contributed by atoms with Crippen LogP contribution in [0.25, 0.3) is 0 Å². The van der Waals surface area contributed by atoms with Crippen molar-refractivity contribution in [3.63, 3.8) is 0 Å². The van der Waals surface area contributed by atoms with Crippen molar-refractivity contribution in [2.75, 3.05) is 19.6 Å².